The molecule has 0 saturated carbocycles. The van der Waals surface area contributed by atoms with Gasteiger partial charge in [0.1, 0.15) is 5.82 Å². The van der Waals surface area contributed by atoms with E-state index in [1.54, 1.807) is 0 Å². The van der Waals surface area contributed by atoms with Gasteiger partial charge in [0.25, 0.3) is 0 Å². The van der Waals surface area contributed by atoms with Crippen molar-refractivity contribution in [2.24, 2.45) is 0 Å². The number of unbranched alkanes of at least 4 members (excludes halogenated alkanes) is 1. The molecule has 9 nitrogen and oxygen atoms in total. The fourth-order valence-corrected chi connectivity index (χ4v) is 3.31. The maximum atomic E-state index is 13.4. The number of aromatic nitrogens is 6. The monoisotopic (exact) mass is 514 g/mol. The van der Waals surface area contributed by atoms with E-state index in [2.05, 4.69) is 35.7 Å². The van der Waals surface area contributed by atoms with Gasteiger partial charge in [-0.15, -0.1) is 5.10 Å². The minimum atomic E-state index is -4.70. The van der Waals surface area contributed by atoms with Gasteiger partial charge in [-0.25, -0.2) is 14.5 Å². The molecule has 3 heterocycles. The molecule has 4 rings (SSSR count). The van der Waals surface area contributed by atoms with Crippen LogP contribution in [0.3, 0.4) is 0 Å². The normalized spacial score (nSPS) is 12.3. The Morgan fingerprint density at radius 2 is 1.67 bits per heavy atom. The number of aliphatic hydroxyl groups excluding tert-OH is 1. The van der Waals surface area contributed by atoms with Gasteiger partial charge in [0.2, 0.25) is 5.95 Å². The standard InChI is InChI=1S/C21H20F6N8O/c22-20(23,24)13-5-3-12(4-6-13)14-9-29-16(32-14)11-30-17-18-31-10-15(21(25,26)27)35(18)34-19(33-17)28-7-1-2-8-36/h3-6,9-10,36H,1-2,7-8,11H2,(H,29,32)(H2,28,30,33,34). The Labute approximate surface area is 199 Å². The van der Waals surface area contributed by atoms with Crippen molar-refractivity contribution in [3.63, 3.8) is 0 Å². The first kappa shape index (κ1) is 25.2. The van der Waals surface area contributed by atoms with Gasteiger partial charge in [0, 0.05) is 13.2 Å². The fraction of sp³-hybridized carbons (Fsp3) is 0.333. The summed E-state index contributed by atoms with van der Waals surface area (Å²) in [4.78, 5) is 15.1. The number of anilines is 2. The van der Waals surface area contributed by atoms with Gasteiger partial charge in [0.05, 0.1) is 30.2 Å². The second kappa shape index (κ2) is 10.0. The number of fused-ring (bicyclic) bond motifs is 1. The second-order valence-electron chi connectivity index (χ2n) is 7.69. The van der Waals surface area contributed by atoms with Crippen LogP contribution in [0.15, 0.2) is 36.7 Å². The molecule has 0 amide bonds. The maximum absolute atomic E-state index is 13.4. The predicted molar refractivity (Wildman–Crippen MR) is 117 cm³/mol. The lowest BCUT2D eigenvalue weighted by Crippen LogP contribution is -2.16. The van der Waals surface area contributed by atoms with E-state index >= 15 is 0 Å². The zero-order valence-electron chi connectivity index (χ0n) is 18.5. The van der Waals surface area contributed by atoms with Crippen molar-refractivity contribution < 1.29 is 31.4 Å². The Bertz CT molecular complexity index is 1310. The zero-order valence-corrected chi connectivity index (χ0v) is 18.5. The van der Waals surface area contributed by atoms with E-state index in [0.717, 1.165) is 12.1 Å². The molecule has 0 saturated heterocycles. The molecule has 0 fully saturated rings. The zero-order chi connectivity index (χ0) is 25.9. The maximum Gasteiger partial charge on any atom is 0.435 e. The number of alkyl halides is 6. The van der Waals surface area contributed by atoms with Crippen LogP contribution < -0.4 is 10.6 Å². The van der Waals surface area contributed by atoms with Crippen molar-refractivity contribution in [1.82, 2.24) is 29.5 Å². The van der Waals surface area contributed by atoms with Crippen LogP contribution in [0.4, 0.5) is 38.1 Å². The van der Waals surface area contributed by atoms with E-state index in [4.69, 9.17) is 5.11 Å². The number of rotatable bonds is 9. The minimum Gasteiger partial charge on any atom is -0.396 e. The van der Waals surface area contributed by atoms with Gasteiger partial charge in [0.15, 0.2) is 17.2 Å². The summed E-state index contributed by atoms with van der Waals surface area (Å²) in [5, 5.41) is 18.5. The Balaban J connectivity index is 1.54. The molecule has 0 atom stereocenters. The molecule has 0 radical (unpaired) electrons. The average molecular weight is 514 g/mol. The number of hydrogen-bond donors (Lipinski definition) is 4. The van der Waals surface area contributed by atoms with Gasteiger partial charge in [-0.3, -0.25) is 0 Å². The lowest BCUT2D eigenvalue weighted by Gasteiger charge is -2.11. The molecule has 0 aliphatic carbocycles. The third-order valence-corrected chi connectivity index (χ3v) is 5.10. The van der Waals surface area contributed by atoms with Crippen LogP contribution in [-0.4, -0.2) is 47.8 Å². The smallest absolute Gasteiger partial charge is 0.396 e. The van der Waals surface area contributed by atoms with Crippen molar-refractivity contribution in [2.45, 2.75) is 31.7 Å². The summed E-state index contributed by atoms with van der Waals surface area (Å²) >= 11 is 0. The molecule has 0 spiro atoms. The Kier molecular flexibility index (Phi) is 7.01. The van der Waals surface area contributed by atoms with Gasteiger partial charge < -0.3 is 20.7 Å². The van der Waals surface area contributed by atoms with Gasteiger partial charge in [-0.2, -0.15) is 31.3 Å². The van der Waals surface area contributed by atoms with E-state index in [1.165, 1.54) is 18.3 Å². The number of aromatic amines is 1. The predicted octanol–water partition coefficient (Wildman–Crippen LogP) is 4.35. The molecule has 0 unspecified atom stereocenters. The van der Waals surface area contributed by atoms with Crippen LogP contribution in [0.1, 0.15) is 29.9 Å². The molecule has 0 aliphatic rings. The Morgan fingerprint density at radius 3 is 2.33 bits per heavy atom. The number of imidazole rings is 2. The Hall–Kier alpha value is -3.88. The largest absolute Gasteiger partial charge is 0.435 e. The molecular weight excluding hydrogens is 494 g/mol. The third kappa shape index (κ3) is 5.67. The number of aliphatic hydroxyl groups is 1. The topological polar surface area (TPSA) is 116 Å². The van der Waals surface area contributed by atoms with Gasteiger partial charge in [-0.1, -0.05) is 12.1 Å². The summed E-state index contributed by atoms with van der Waals surface area (Å²) in [5.74, 6) is 0.302. The van der Waals surface area contributed by atoms with Gasteiger partial charge in [-0.05, 0) is 30.5 Å². The quantitative estimate of drug-likeness (QED) is 0.194. The summed E-state index contributed by atoms with van der Waals surface area (Å²) in [6.45, 7) is 0.313. The average Bonchev–Trinajstić information content (AvgIpc) is 3.47. The van der Waals surface area contributed by atoms with Gasteiger partial charge >= 0.3 is 12.4 Å². The van der Waals surface area contributed by atoms with Crippen LogP contribution in [0.5, 0.6) is 0 Å². The number of nitrogens with one attached hydrogen (secondary N) is 3. The van der Waals surface area contributed by atoms with E-state index in [1.807, 2.05) is 0 Å². The van der Waals surface area contributed by atoms with Crippen LogP contribution in [-0.2, 0) is 18.9 Å². The van der Waals surface area contributed by atoms with Crippen LogP contribution in [0.2, 0.25) is 0 Å². The molecule has 15 heteroatoms. The summed E-state index contributed by atoms with van der Waals surface area (Å²) < 4.78 is 79.2. The highest BCUT2D eigenvalue weighted by Gasteiger charge is 2.36. The highest BCUT2D eigenvalue weighted by molar-refractivity contribution is 5.64. The lowest BCUT2D eigenvalue weighted by atomic mass is 10.1. The molecule has 3 aromatic heterocycles. The molecular formula is C21H20F6N8O. The highest BCUT2D eigenvalue weighted by atomic mass is 19.4. The van der Waals surface area contributed by atoms with E-state index in [0.29, 0.717) is 47.2 Å². The van der Waals surface area contributed by atoms with E-state index < -0.39 is 23.6 Å². The SMILES string of the molecule is OCCCCNc1nc(NCc2ncc(-c3ccc(C(F)(F)F)cc3)[nH]2)c2ncc(C(F)(F)F)n2n1. The summed E-state index contributed by atoms with van der Waals surface area (Å²) in [6, 6.07) is 4.52. The summed E-state index contributed by atoms with van der Waals surface area (Å²) in [5.41, 5.74) is -1.08. The molecule has 192 valence electrons. The van der Waals surface area contributed by atoms with E-state index in [-0.39, 0.29) is 30.6 Å². The lowest BCUT2D eigenvalue weighted by molar-refractivity contribution is -0.142. The van der Waals surface area contributed by atoms with Crippen molar-refractivity contribution in [3.8, 4) is 11.3 Å². The minimum absolute atomic E-state index is 0.00543. The van der Waals surface area contributed by atoms with E-state index in [9.17, 15) is 26.3 Å². The molecule has 4 N–H and O–H groups in total. The number of benzene rings is 1. The van der Waals surface area contributed by atoms with Crippen LogP contribution in [0.25, 0.3) is 16.9 Å². The summed E-state index contributed by atoms with van der Waals surface area (Å²) in [6.07, 6.45) is -6.01. The van der Waals surface area contributed by atoms with Crippen molar-refractivity contribution >= 4 is 17.4 Å². The molecule has 1 aromatic carbocycles. The number of nitrogens with zero attached hydrogens (tertiary/aromatic N) is 5. The first-order valence-electron chi connectivity index (χ1n) is 10.7. The van der Waals surface area contributed by atoms with Crippen molar-refractivity contribution in [1.29, 1.82) is 0 Å². The summed E-state index contributed by atoms with van der Waals surface area (Å²) in [7, 11) is 0. The number of H-pyrrole nitrogens is 1. The van der Waals surface area contributed by atoms with Crippen LogP contribution >= 0.6 is 0 Å². The fourth-order valence-electron chi connectivity index (χ4n) is 3.31. The molecule has 0 bridgehead atoms. The number of hydrogen-bond acceptors (Lipinski definition) is 7. The first-order chi connectivity index (χ1) is 17.1. The first-order valence-corrected chi connectivity index (χ1v) is 10.7. The second-order valence-corrected chi connectivity index (χ2v) is 7.69. The number of halogens is 6. The third-order valence-electron chi connectivity index (χ3n) is 5.10. The Morgan fingerprint density at radius 1 is 0.917 bits per heavy atom. The highest BCUT2D eigenvalue weighted by Crippen LogP contribution is 2.32. The molecule has 0 aliphatic heterocycles. The molecule has 4 aromatic rings. The van der Waals surface area contributed by atoms with Crippen LogP contribution in [0, 0.1) is 0 Å². The van der Waals surface area contributed by atoms with Crippen molar-refractivity contribution in [3.05, 3.63) is 53.7 Å². The molecule has 36 heavy (non-hydrogen) atoms. The van der Waals surface area contributed by atoms with Crippen molar-refractivity contribution in [2.75, 3.05) is 23.8 Å².